The summed E-state index contributed by atoms with van der Waals surface area (Å²) < 4.78 is 0. The first-order valence-corrected chi connectivity index (χ1v) is 16.3. The fourth-order valence-corrected chi connectivity index (χ4v) is 4.68. The molecule has 0 saturated heterocycles. The van der Waals surface area contributed by atoms with Crippen molar-refractivity contribution < 1.29 is 39.6 Å². The van der Waals surface area contributed by atoms with E-state index < -0.39 is 29.9 Å². The van der Waals surface area contributed by atoms with E-state index in [1.165, 1.54) is 77.0 Å². The second kappa shape index (κ2) is 35.0. The number of rotatable bonds is 30. The van der Waals surface area contributed by atoms with E-state index in [4.69, 9.17) is 26.2 Å². The average molecular weight is 605 g/mol. The third kappa shape index (κ3) is 42.3. The summed E-state index contributed by atoms with van der Waals surface area (Å²) in [6, 6.07) is -0.731. The molecule has 0 bridgehead atoms. The van der Waals surface area contributed by atoms with Crippen LogP contribution < -0.4 is 11.9 Å². The maximum absolute atomic E-state index is 10.4. The van der Waals surface area contributed by atoms with Crippen LogP contribution in [0.15, 0.2) is 0 Å². The third-order valence-electron chi connectivity index (χ3n) is 7.25. The zero-order chi connectivity index (χ0) is 31.0. The monoisotopic (exact) mass is 604 g/mol. The Morgan fingerprint density at radius 1 is 0.381 bits per heavy atom. The molecule has 0 heterocycles. The van der Waals surface area contributed by atoms with E-state index >= 15 is 0 Å². The van der Waals surface area contributed by atoms with Crippen LogP contribution in [0.2, 0.25) is 0 Å². The van der Waals surface area contributed by atoms with Crippen molar-refractivity contribution in [2.45, 2.75) is 179 Å². The van der Waals surface area contributed by atoms with Crippen LogP contribution in [0.4, 0.5) is 0 Å². The lowest BCUT2D eigenvalue weighted by Crippen LogP contribution is -2.29. The van der Waals surface area contributed by atoms with Gasteiger partial charge in [-0.2, -0.15) is 0 Å². The smallest absolute Gasteiger partial charge is 0.320 e. The maximum Gasteiger partial charge on any atom is 0.320 e. The van der Waals surface area contributed by atoms with E-state index in [1.54, 1.807) is 0 Å². The normalized spacial score (nSPS) is 11.2. The summed E-state index contributed by atoms with van der Waals surface area (Å²) in [6.07, 6.45) is 27.4. The van der Waals surface area contributed by atoms with Crippen LogP contribution in [0.5, 0.6) is 0 Å². The summed E-state index contributed by atoms with van der Waals surface area (Å²) in [6.45, 7) is 0. The SMILES string of the molecule is N.NC(CCCCCCCCCC(=O)O)C(=O)O.O=C(O)CCCCCCCCCCCCCCCCCCC(=O)O. The lowest BCUT2D eigenvalue weighted by Gasteiger charge is -2.05. The molecule has 10 heteroatoms. The largest absolute Gasteiger partial charge is 0.481 e. The number of carboxylic acid groups (broad SMARTS) is 4. The molecular weight excluding hydrogens is 540 g/mol. The number of nitrogens with two attached hydrogens (primary N) is 1. The van der Waals surface area contributed by atoms with Gasteiger partial charge in [0, 0.05) is 19.3 Å². The summed E-state index contributed by atoms with van der Waals surface area (Å²) in [5, 5.41) is 34.1. The van der Waals surface area contributed by atoms with Crippen LogP contribution in [0, 0.1) is 0 Å². The Labute approximate surface area is 254 Å². The molecule has 0 rings (SSSR count). The van der Waals surface area contributed by atoms with Gasteiger partial charge in [0.2, 0.25) is 0 Å². The van der Waals surface area contributed by atoms with E-state index in [1.807, 2.05) is 0 Å². The molecule has 0 spiro atoms. The standard InChI is InChI=1S/C20H38O4.C12H23NO4.H3N/c21-19(22)17-15-13-11-9-7-5-3-1-2-4-6-8-10-12-14-16-18-20(23)24;13-10(12(16)17)8-6-4-2-1-3-5-7-9-11(14)15;/h1-18H2,(H,21,22)(H,23,24);10H,1-9,13H2,(H,14,15)(H,16,17);1H3. The second-order valence-corrected chi connectivity index (χ2v) is 11.3. The zero-order valence-electron chi connectivity index (χ0n) is 26.4. The van der Waals surface area contributed by atoms with E-state index in [0.29, 0.717) is 19.3 Å². The van der Waals surface area contributed by atoms with Crippen molar-refractivity contribution in [3.05, 3.63) is 0 Å². The molecule has 0 aromatic carbocycles. The van der Waals surface area contributed by atoms with Crippen molar-refractivity contribution in [3.8, 4) is 0 Å². The Balaban J connectivity index is -0.000000748. The van der Waals surface area contributed by atoms with Gasteiger partial charge in [-0.3, -0.25) is 19.2 Å². The van der Waals surface area contributed by atoms with Gasteiger partial charge in [-0.05, 0) is 25.7 Å². The van der Waals surface area contributed by atoms with Gasteiger partial charge in [0.25, 0.3) is 0 Å². The van der Waals surface area contributed by atoms with Gasteiger partial charge < -0.3 is 32.3 Å². The highest BCUT2D eigenvalue weighted by Gasteiger charge is 2.09. The minimum absolute atomic E-state index is 0. The molecule has 1 atom stereocenters. The summed E-state index contributed by atoms with van der Waals surface area (Å²) in [5.41, 5.74) is 5.37. The lowest BCUT2D eigenvalue weighted by atomic mass is 10.0. The number of hydrogen-bond donors (Lipinski definition) is 6. The van der Waals surface area contributed by atoms with Crippen LogP contribution in [0.25, 0.3) is 0 Å². The van der Waals surface area contributed by atoms with Gasteiger partial charge in [0.1, 0.15) is 6.04 Å². The van der Waals surface area contributed by atoms with E-state index in [-0.39, 0.29) is 12.6 Å². The van der Waals surface area contributed by atoms with Gasteiger partial charge >= 0.3 is 23.9 Å². The van der Waals surface area contributed by atoms with Crippen molar-refractivity contribution in [3.63, 3.8) is 0 Å². The number of carbonyl (C=O) groups is 4. The van der Waals surface area contributed by atoms with Crippen molar-refractivity contribution in [2.24, 2.45) is 5.73 Å². The van der Waals surface area contributed by atoms with E-state index in [2.05, 4.69) is 0 Å². The van der Waals surface area contributed by atoms with Gasteiger partial charge in [0.05, 0.1) is 0 Å². The molecule has 0 amide bonds. The van der Waals surface area contributed by atoms with Crippen molar-refractivity contribution in [1.29, 1.82) is 0 Å². The predicted molar refractivity (Wildman–Crippen MR) is 168 cm³/mol. The molecule has 0 radical (unpaired) electrons. The fraction of sp³-hybridized carbons (Fsp3) is 0.875. The molecule has 1 unspecified atom stereocenters. The number of aliphatic carboxylic acids is 4. The summed E-state index contributed by atoms with van der Waals surface area (Å²) in [5.74, 6) is -3.01. The third-order valence-corrected chi connectivity index (χ3v) is 7.25. The van der Waals surface area contributed by atoms with Gasteiger partial charge in [-0.1, -0.05) is 128 Å². The molecular formula is C32H64N2O8. The first-order chi connectivity index (χ1) is 19.7. The Kier molecular flexibility index (Phi) is 36.9. The van der Waals surface area contributed by atoms with Crippen LogP contribution in [-0.2, 0) is 19.2 Å². The van der Waals surface area contributed by atoms with Crippen molar-refractivity contribution >= 4 is 23.9 Å². The Hall–Kier alpha value is -2.20. The first-order valence-electron chi connectivity index (χ1n) is 16.3. The van der Waals surface area contributed by atoms with Gasteiger partial charge in [0.15, 0.2) is 0 Å². The predicted octanol–water partition coefficient (Wildman–Crippen LogP) is 8.33. The minimum Gasteiger partial charge on any atom is -0.481 e. The second-order valence-electron chi connectivity index (χ2n) is 11.3. The van der Waals surface area contributed by atoms with Crippen LogP contribution in [0.1, 0.15) is 173 Å². The van der Waals surface area contributed by atoms with Gasteiger partial charge in [-0.25, -0.2) is 0 Å². The number of unbranched alkanes of at least 4 members (excludes halogenated alkanes) is 21. The fourth-order valence-electron chi connectivity index (χ4n) is 4.68. The molecule has 0 saturated carbocycles. The van der Waals surface area contributed by atoms with Crippen LogP contribution >= 0.6 is 0 Å². The number of carboxylic acids is 4. The molecule has 10 nitrogen and oxygen atoms in total. The average Bonchev–Trinajstić information content (AvgIpc) is 2.91. The quantitative estimate of drug-likeness (QED) is 0.0431. The van der Waals surface area contributed by atoms with Gasteiger partial charge in [-0.15, -0.1) is 0 Å². The summed E-state index contributed by atoms with van der Waals surface area (Å²) >= 11 is 0. The lowest BCUT2D eigenvalue weighted by molar-refractivity contribution is -0.139. The summed E-state index contributed by atoms with van der Waals surface area (Å²) in [7, 11) is 0. The molecule has 0 fully saturated rings. The Morgan fingerprint density at radius 2 is 0.571 bits per heavy atom. The summed E-state index contributed by atoms with van der Waals surface area (Å²) in [4.78, 5) is 41.4. The molecule has 0 aliphatic rings. The first kappa shape index (κ1) is 44.2. The molecule has 42 heavy (non-hydrogen) atoms. The molecule has 0 aromatic heterocycles. The van der Waals surface area contributed by atoms with Crippen molar-refractivity contribution in [2.75, 3.05) is 0 Å². The topological polar surface area (TPSA) is 210 Å². The van der Waals surface area contributed by atoms with E-state index in [0.717, 1.165) is 70.6 Å². The molecule has 0 aliphatic carbocycles. The number of hydrogen-bond acceptors (Lipinski definition) is 6. The van der Waals surface area contributed by atoms with E-state index in [9.17, 15) is 19.2 Å². The maximum atomic E-state index is 10.4. The molecule has 0 aliphatic heterocycles. The highest BCUT2D eigenvalue weighted by atomic mass is 16.4. The Morgan fingerprint density at radius 3 is 0.762 bits per heavy atom. The Bertz CT molecular complexity index is 616. The minimum atomic E-state index is -0.932. The molecule has 0 aromatic rings. The zero-order valence-corrected chi connectivity index (χ0v) is 26.4. The van der Waals surface area contributed by atoms with Crippen LogP contribution in [0.3, 0.4) is 0 Å². The highest BCUT2D eigenvalue weighted by Crippen LogP contribution is 2.14. The molecule has 9 N–H and O–H groups in total. The molecule has 250 valence electrons. The highest BCUT2D eigenvalue weighted by molar-refractivity contribution is 5.72. The van der Waals surface area contributed by atoms with Crippen molar-refractivity contribution in [1.82, 2.24) is 6.15 Å². The van der Waals surface area contributed by atoms with Crippen LogP contribution in [-0.4, -0.2) is 50.3 Å².